The van der Waals surface area contributed by atoms with Crippen LogP contribution in [0.25, 0.3) is 10.6 Å². The monoisotopic (exact) mass is 482 g/mol. The highest BCUT2D eigenvalue weighted by Gasteiger charge is 2.46. The summed E-state index contributed by atoms with van der Waals surface area (Å²) in [5.41, 5.74) is 2.11. The zero-order valence-corrected chi connectivity index (χ0v) is 20.3. The van der Waals surface area contributed by atoms with E-state index >= 15 is 0 Å². The Morgan fingerprint density at radius 3 is 2.58 bits per heavy atom. The maximum Gasteiger partial charge on any atom is 0.227 e. The normalized spacial score (nSPS) is 17.9. The molecule has 3 atom stereocenters. The molecule has 172 valence electrons. The van der Waals surface area contributed by atoms with Gasteiger partial charge in [-0.3, -0.25) is 9.59 Å². The third kappa shape index (κ3) is 5.78. The van der Waals surface area contributed by atoms with Crippen LogP contribution in [0, 0.1) is 5.92 Å². The van der Waals surface area contributed by atoms with Crippen LogP contribution in [0.5, 0.6) is 0 Å². The molecule has 1 aliphatic carbocycles. The first-order valence-electron chi connectivity index (χ1n) is 11.2. The van der Waals surface area contributed by atoms with E-state index in [1.54, 1.807) is 12.1 Å². The topological polar surface area (TPSA) is 75.2 Å². The Morgan fingerprint density at radius 2 is 1.88 bits per heavy atom. The molecule has 2 aromatic carbocycles. The number of benzene rings is 2. The Hall–Kier alpha value is -2.77. The van der Waals surface area contributed by atoms with Crippen LogP contribution in [0.4, 0.5) is 5.13 Å². The van der Waals surface area contributed by atoms with Gasteiger partial charge in [0.15, 0.2) is 0 Å². The zero-order valence-electron chi connectivity index (χ0n) is 18.7. The van der Waals surface area contributed by atoms with Gasteiger partial charge >= 0.3 is 0 Å². The molecule has 8 heteroatoms. The fourth-order valence-corrected chi connectivity index (χ4v) is 4.80. The van der Waals surface area contributed by atoms with Crippen LogP contribution in [-0.4, -0.2) is 39.5 Å². The molecule has 0 bridgehead atoms. The van der Waals surface area contributed by atoms with E-state index < -0.39 is 0 Å². The summed E-state index contributed by atoms with van der Waals surface area (Å²) >= 11 is 7.24. The van der Waals surface area contributed by atoms with Gasteiger partial charge in [0.2, 0.25) is 16.9 Å². The van der Waals surface area contributed by atoms with Crippen LogP contribution in [-0.2, 0) is 9.59 Å². The maximum atomic E-state index is 13.2. The molecule has 1 N–H and O–H groups in total. The van der Waals surface area contributed by atoms with Crippen LogP contribution in [0.15, 0.2) is 54.6 Å². The molecule has 1 saturated carbocycles. The summed E-state index contributed by atoms with van der Waals surface area (Å²) in [5, 5.41) is 12.8. The highest BCUT2D eigenvalue weighted by atomic mass is 35.5. The number of aromatic nitrogens is 2. The Balaban J connectivity index is 1.33. The van der Waals surface area contributed by atoms with Gasteiger partial charge in [0.05, 0.1) is 0 Å². The lowest BCUT2D eigenvalue weighted by Gasteiger charge is -2.29. The average Bonchev–Trinajstić information content (AvgIpc) is 3.51. The second-order valence-corrected chi connectivity index (χ2v) is 9.78. The first-order chi connectivity index (χ1) is 16.0. The second-order valence-electron chi connectivity index (χ2n) is 8.37. The van der Waals surface area contributed by atoms with E-state index in [-0.39, 0.29) is 36.1 Å². The minimum Gasteiger partial charge on any atom is -0.339 e. The number of carbonyl (C=O) groups is 2. The Morgan fingerprint density at radius 1 is 1.15 bits per heavy atom. The van der Waals surface area contributed by atoms with E-state index in [1.165, 1.54) is 16.9 Å². The summed E-state index contributed by atoms with van der Waals surface area (Å²) in [7, 11) is 0. The minimum absolute atomic E-state index is 0.00885. The van der Waals surface area contributed by atoms with Crippen LogP contribution in [0.3, 0.4) is 0 Å². The number of anilines is 1. The molecule has 3 aromatic rings. The number of carbonyl (C=O) groups excluding carboxylic acids is 2. The second kappa shape index (κ2) is 10.4. The zero-order chi connectivity index (χ0) is 23.4. The molecule has 0 aliphatic heterocycles. The van der Waals surface area contributed by atoms with E-state index in [9.17, 15) is 9.59 Å². The van der Waals surface area contributed by atoms with Gasteiger partial charge in [-0.1, -0.05) is 72.3 Å². The summed E-state index contributed by atoms with van der Waals surface area (Å²) in [6.07, 6.45) is 1.94. The standard InChI is InChI=1S/C25H27ClN4O2S/c1-3-16(2)30(24(32)21-15-20(21)17-7-5-4-6-8-17)14-13-22(31)27-25-29-28-23(33-25)18-9-11-19(26)12-10-18/h4-12,16,20-21H,3,13-15H2,1-2H3,(H,27,29,31). The van der Waals surface area contributed by atoms with Crippen LogP contribution < -0.4 is 5.32 Å². The molecule has 1 fully saturated rings. The quantitative estimate of drug-likeness (QED) is 0.429. The molecule has 0 radical (unpaired) electrons. The molecule has 3 unspecified atom stereocenters. The molecular formula is C25H27ClN4O2S. The molecular weight excluding hydrogens is 456 g/mol. The molecule has 1 aromatic heterocycles. The fraction of sp³-hybridized carbons (Fsp3) is 0.360. The number of hydrogen-bond acceptors (Lipinski definition) is 5. The molecule has 4 rings (SSSR count). The van der Waals surface area contributed by atoms with Crippen LogP contribution in [0.1, 0.15) is 44.6 Å². The van der Waals surface area contributed by atoms with Crippen molar-refractivity contribution in [3.63, 3.8) is 0 Å². The summed E-state index contributed by atoms with van der Waals surface area (Å²) in [6.45, 7) is 4.49. The summed E-state index contributed by atoms with van der Waals surface area (Å²) < 4.78 is 0. The lowest BCUT2D eigenvalue weighted by Crippen LogP contribution is -2.41. The summed E-state index contributed by atoms with van der Waals surface area (Å²) in [5.74, 6) is 0.263. The smallest absolute Gasteiger partial charge is 0.227 e. The lowest BCUT2D eigenvalue weighted by molar-refractivity contribution is -0.135. The van der Waals surface area contributed by atoms with Gasteiger partial charge in [-0.25, -0.2) is 0 Å². The van der Waals surface area contributed by atoms with E-state index in [2.05, 4.69) is 34.6 Å². The number of nitrogens with one attached hydrogen (secondary N) is 1. The Labute approximate surface area is 203 Å². The number of hydrogen-bond donors (Lipinski definition) is 1. The number of nitrogens with zero attached hydrogens (tertiary/aromatic N) is 3. The van der Waals surface area contributed by atoms with Gasteiger partial charge in [0, 0.05) is 35.5 Å². The Kier molecular flexibility index (Phi) is 7.40. The number of halogens is 1. The molecule has 6 nitrogen and oxygen atoms in total. The third-order valence-electron chi connectivity index (χ3n) is 6.08. The van der Waals surface area contributed by atoms with E-state index in [1.807, 2.05) is 42.2 Å². The number of amides is 2. The van der Waals surface area contributed by atoms with E-state index in [4.69, 9.17) is 11.6 Å². The van der Waals surface area contributed by atoms with E-state index in [0.29, 0.717) is 21.7 Å². The highest BCUT2D eigenvalue weighted by molar-refractivity contribution is 7.18. The molecule has 0 spiro atoms. The summed E-state index contributed by atoms with van der Waals surface area (Å²) in [4.78, 5) is 27.7. The van der Waals surface area contributed by atoms with Crippen molar-refractivity contribution in [1.29, 1.82) is 0 Å². The third-order valence-corrected chi connectivity index (χ3v) is 7.22. The fourth-order valence-electron chi connectivity index (χ4n) is 3.90. The SMILES string of the molecule is CCC(C)N(CCC(=O)Nc1nnc(-c2ccc(Cl)cc2)s1)C(=O)C1CC1c1ccccc1. The van der Waals surface area contributed by atoms with Gasteiger partial charge in [-0.2, -0.15) is 0 Å². The molecule has 1 aliphatic rings. The highest BCUT2D eigenvalue weighted by Crippen LogP contribution is 2.48. The van der Waals surface area contributed by atoms with Crippen LogP contribution in [0.2, 0.25) is 5.02 Å². The van der Waals surface area contributed by atoms with Gasteiger partial charge in [0.25, 0.3) is 0 Å². The van der Waals surface area contributed by atoms with Gasteiger partial charge in [-0.15, -0.1) is 10.2 Å². The maximum absolute atomic E-state index is 13.2. The van der Waals surface area contributed by atoms with Crippen molar-refractivity contribution in [2.24, 2.45) is 5.92 Å². The van der Waals surface area contributed by atoms with Gasteiger partial charge in [0.1, 0.15) is 5.01 Å². The van der Waals surface area contributed by atoms with Crippen molar-refractivity contribution >= 4 is 39.9 Å². The molecule has 2 amide bonds. The molecule has 0 saturated heterocycles. The predicted octanol–water partition coefficient (Wildman–Crippen LogP) is 5.62. The van der Waals surface area contributed by atoms with Crippen molar-refractivity contribution < 1.29 is 9.59 Å². The largest absolute Gasteiger partial charge is 0.339 e. The number of rotatable bonds is 9. The first-order valence-corrected chi connectivity index (χ1v) is 12.4. The average molecular weight is 483 g/mol. The van der Waals surface area contributed by atoms with Gasteiger partial charge < -0.3 is 10.2 Å². The predicted molar refractivity (Wildman–Crippen MR) is 132 cm³/mol. The molecule has 33 heavy (non-hydrogen) atoms. The first kappa shape index (κ1) is 23.4. The van der Waals surface area contributed by atoms with Crippen LogP contribution >= 0.6 is 22.9 Å². The minimum atomic E-state index is -0.176. The van der Waals surface area contributed by atoms with Crippen molar-refractivity contribution in [2.75, 3.05) is 11.9 Å². The Bertz CT molecular complexity index is 1100. The van der Waals surface area contributed by atoms with Gasteiger partial charge in [-0.05, 0) is 43.4 Å². The van der Waals surface area contributed by atoms with Crippen molar-refractivity contribution in [3.05, 3.63) is 65.2 Å². The van der Waals surface area contributed by atoms with Crippen molar-refractivity contribution in [3.8, 4) is 10.6 Å². The lowest BCUT2D eigenvalue weighted by atomic mass is 10.1. The summed E-state index contributed by atoms with van der Waals surface area (Å²) in [6, 6.07) is 17.6. The van der Waals surface area contributed by atoms with E-state index in [0.717, 1.165) is 18.4 Å². The van der Waals surface area contributed by atoms with Crippen molar-refractivity contribution in [1.82, 2.24) is 15.1 Å². The van der Waals surface area contributed by atoms with Crippen molar-refractivity contribution in [2.45, 2.75) is 45.1 Å². The molecule has 1 heterocycles.